The first kappa shape index (κ1) is 12.3. The average Bonchev–Trinajstić information content (AvgIpc) is 2.29. The Morgan fingerprint density at radius 1 is 1.47 bits per heavy atom. The molecule has 1 aromatic heterocycles. The molecular weight excluding hydrogens is 240 g/mol. The van der Waals surface area contributed by atoms with Gasteiger partial charge in [-0.2, -0.15) is 5.10 Å². The Labute approximate surface area is 93.4 Å². The van der Waals surface area contributed by atoms with E-state index < -0.39 is 9.05 Å². The molecule has 0 bridgehead atoms. The van der Waals surface area contributed by atoms with Gasteiger partial charge in [0, 0.05) is 17.7 Å². The van der Waals surface area contributed by atoms with E-state index in [1.807, 2.05) is 6.92 Å². The molecule has 7 heteroatoms. The number of nitrogens with zero attached hydrogens (tertiary/aromatic N) is 2. The van der Waals surface area contributed by atoms with Crippen LogP contribution in [0.2, 0.25) is 0 Å². The van der Waals surface area contributed by atoms with Gasteiger partial charge in [-0.1, -0.05) is 0 Å². The summed E-state index contributed by atoms with van der Waals surface area (Å²) in [5.41, 5.74) is 1.60. The molecular formula is C8H13ClN2O3S. The summed E-state index contributed by atoms with van der Waals surface area (Å²) < 4.78 is 28.3. The van der Waals surface area contributed by atoms with Crippen molar-refractivity contribution in [3.8, 4) is 5.75 Å². The third-order valence-corrected chi connectivity index (χ3v) is 3.13. The first-order valence-corrected chi connectivity index (χ1v) is 6.84. The largest absolute Gasteiger partial charge is 0.489 e. The van der Waals surface area contributed by atoms with E-state index in [-0.39, 0.29) is 12.4 Å². The van der Waals surface area contributed by atoms with Crippen LogP contribution >= 0.6 is 10.7 Å². The Bertz CT molecular complexity index is 453. The maximum Gasteiger partial charge on any atom is 0.235 e. The van der Waals surface area contributed by atoms with E-state index in [0.717, 1.165) is 11.4 Å². The van der Waals surface area contributed by atoms with E-state index in [9.17, 15) is 8.42 Å². The molecule has 0 fully saturated rings. The van der Waals surface area contributed by atoms with Gasteiger partial charge in [0.2, 0.25) is 9.05 Å². The number of hydrogen-bond donors (Lipinski definition) is 0. The highest BCUT2D eigenvalue weighted by Crippen LogP contribution is 2.21. The SMILES string of the molecule is Cc1nn(C)c(C)c1OCCS(=O)(=O)Cl. The quantitative estimate of drug-likeness (QED) is 0.750. The van der Waals surface area contributed by atoms with Gasteiger partial charge in [0.25, 0.3) is 0 Å². The zero-order chi connectivity index (χ0) is 11.6. The van der Waals surface area contributed by atoms with Crippen molar-refractivity contribution in [2.45, 2.75) is 13.8 Å². The van der Waals surface area contributed by atoms with Crippen molar-refractivity contribution >= 4 is 19.7 Å². The summed E-state index contributed by atoms with van der Waals surface area (Å²) in [5.74, 6) is 0.417. The molecule has 86 valence electrons. The summed E-state index contributed by atoms with van der Waals surface area (Å²) in [6.45, 7) is 3.70. The van der Waals surface area contributed by atoms with Crippen LogP contribution in [0.15, 0.2) is 0 Å². The molecule has 0 unspecified atom stereocenters. The molecule has 0 aliphatic carbocycles. The lowest BCUT2D eigenvalue weighted by Gasteiger charge is -2.04. The maximum atomic E-state index is 10.7. The lowest BCUT2D eigenvalue weighted by molar-refractivity contribution is 0.336. The van der Waals surface area contributed by atoms with Gasteiger partial charge in [0.15, 0.2) is 5.75 Å². The molecule has 5 nitrogen and oxygen atoms in total. The van der Waals surface area contributed by atoms with Gasteiger partial charge in [-0.25, -0.2) is 8.42 Å². The Kier molecular flexibility index (Phi) is 3.62. The summed E-state index contributed by atoms with van der Waals surface area (Å²) in [6.07, 6.45) is 0. The molecule has 0 aliphatic rings. The summed E-state index contributed by atoms with van der Waals surface area (Å²) >= 11 is 0. The fraction of sp³-hybridized carbons (Fsp3) is 0.625. The van der Waals surface area contributed by atoms with Crippen LogP contribution in [-0.4, -0.2) is 30.6 Å². The minimum absolute atomic E-state index is 0.0409. The highest BCUT2D eigenvalue weighted by Gasteiger charge is 2.12. The molecule has 0 saturated heterocycles. The fourth-order valence-electron chi connectivity index (χ4n) is 1.21. The van der Waals surface area contributed by atoms with Crippen molar-refractivity contribution in [3.63, 3.8) is 0 Å². The topological polar surface area (TPSA) is 61.2 Å². The number of aryl methyl sites for hydroxylation is 2. The van der Waals surface area contributed by atoms with Crippen molar-refractivity contribution in [3.05, 3.63) is 11.4 Å². The van der Waals surface area contributed by atoms with Crippen molar-refractivity contribution in [1.82, 2.24) is 9.78 Å². The van der Waals surface area contributed by atoms with Crippen LogP contribution < -0.4 is 4.74 Å². The number of ether oxygens (including phenoxy) is 1. The first-order valence-electron chi connectivity index (χ1n) is 4.36. The highest BCUT2D eigenvalue weighted by atomic mass is 35.7. The molecule has 0 radical (unpaired) electrons. The zero-order valence-electron chi connectivity index (χ0n) is 8.82. The van der Waals surface area contributed by atoms with Crippen LogP contribution in [0, 0.1) is 13.8 Å². The normalized spacial score (nSPS) is 11.7. The van der Waals surface area contributed by atoms with Gasteiger partial charge in [-0.15, -0.1) is 0 Å². The third-order valence-electron chi connectivity index (χ3n) is 2.02. The maximum absolute atomic E-state index is 10.7. The molecule has 0 aliphatic heterocycles. The third kappa shape index (κ3) is 3.39. The van der Waals surface area contributed by atoms with Gasteiger partial charge >= 0.3 is 0 Å². The van der Waals surface area contributed by atoms with Crippen LogP contribution in [0.3, 0.4) is 0 Å². The molecule has 1 aromatic rings. The van der Waals surface area contributed by atoms with Gasteiger partial charge in [-0.3, -0.25) is 4.68 Å². The molecule has 0 aromatic carbocycles. The summed E-state index contributed by atoms with van der Waals surface area (Å²) in [6, 6.07) is 0. The van der Waals surface area contributed by atoms with Gasteiger partial charge in [0.05, 0.1) is 11.4 Å². The zero-order valence-corrected chi connectivity index (χ0v) is 10.4. The van der Waals surface area contributed by atoms with Crippen molar-refractivity contribution < 1.29 is 13.2 Å². The molecule has 0 N–H and O–H groups in total. The molecule has 0 amide bonds. The summed E-state index contributed by atoms with van der Waals surface area (Å²) in [5, 5.41) is 4.13. The molecule has 15 heavy (non-hydrogen) atoms. The van der Waals surface area contributed by atoms with Crippen LogP contribution in [0.25, 0.3) is 0 Å². The smallest absolute Gasteiger partial charge is 0.235 e. The standard InChI is InChI=1S/C8H13ClN2O3S/c1-6-8(7(2)11(3)10-6)14-4-5-15(9,12)13/h4-5H2,1-3H3. The monoisotopic (exact) mass is 252 g/mol. The molecule has 0 spiro atoms. The molecule has 1 rings (SSSR count). The van der Waals surface area contributed by atoms with E-state index in [0.29, 0.717) is 5.75 Å². The summed E-state index contributed by atoms with van der Waals surface area (Å²) in [7, 11) is 3.36. The fourth-order valence-corrected chi connectivity index (χ4v) is 1.68. The number of aromatic nitrogens is 2. The molecule has 0 atom stereocenters. The molecule has 0 saturated carbocycles. The van der Waals surface area contributed by atoms with Crippen molar-refractivity contribution in [2.75, 3.05) is 12.4 Å². The predicted molar refractivity (Wildman–Crippen MR) is 57.8 cm³/mol. The number of halogens is 1. The second-order valence-electron chi connectivity index (χ2n) is 3.21. The lowest BCUT2D eigenvalue weighted by Crippen LogP contribution is -2.09. The Hall–Kier alpha value is -0.750. The van der Waals surface area contributed by atoms with E-state index in [1.54, 1.807) is 18.7 Å². The Morgan fingerprint density at radius 3 is 2.47 bits per heavy atom. The second kappa shape index (κ2) is 4.40. The highest BCUT2D eigenvalue weighted by molar-refractivity contribution is 8.13. The predicted octanol–water partition coefficient (Wildman–Crippen LogP) is 0.984. The second-order valence-corrected chi connectivity index (χ2v) is 6.11. The number of hydrogen-bond acceptors (Lipinski definition) is 4. The molecule has 1 heterocycles. The van der Waals surface area contributed by atoms with E-state index >= 15 is 0 Å². The van der Waals surface area contributed by atoms with Crippen LogP contribution in [0.5, 0.6) is 5.75 Å². The van der Waals surface area contributed by atoms with Crippen LogP contribution in [0.4, 0.5) is 0 Å². The van der Waals surface area contributed by atoms with Crippen molar-refractivity contribution in [1.29, 1.82) is 0 Å². The van der Waals surface area contributed by atoms with Crippen molar-refractivity contribution in [2.24, 2.45) is 7.05 Å². The van der Waals surface area contributed by atoms with E-state index in [4.69, 9.17) is 15.4 Å². The summed E-state index contributed by atoms with van der Waals surface area (Å²) in [4.78, 5) is 0. The Morgan fingerprint density at radius 2 is 2.07 bits per heavy atom. The first-order chi connectivity index (χ1) is 6.81. The van der Waals surface area contributed by atoms with Gasteiger partial charge in [0.1, 0.15) is 12.3 Å². The van der Waals surface area contributed by atoms with Gasteiger partial charge < -0.3 is 4.74 Å². The van der Waals surface area contributed by atoms with E-state index in [2.05, 4.69) is 5.10 Å². The lowest BCUT2D eigenvalue weighted by atomic mass is 10.3. The van der Waals surface area contributed by atoms with Gasteiger partial charge in [-0.05, 0) is 13.8 Å². The minimum atomic E-state index is -3.49. The van der Waals surface area contributed by atoms with Crippen LogP contribution in [-0.2, 0) is 16.1 Å². The van der Waals surface area contributed by atoms with Crippen LogP contribution in [0.1, 0.15) is 11.4 Å². The minimum Gasteiger partial charge on any atom is -0.489 e. The average molecular weight is 253 g/mol. The number of rotatable bonds is 4. The van der Waals surface area contributed by atoms with E-state index in [1.165, 1.54) is 0 Å². The Balaban J connectivity index is 2.66.